The van der Waals surface area contributed by atoms with Gasteiger partial charge in [0.15, 0.2) is 0 Å². The summed E-state index contributed by atoms with van der Waals surface area (Å²) in [6.07, 6.45) is 0. The minimum Gasteiger partial charge on any atom is -0.322 e. The van der Waals surface area contributed by atoms with E-state index in [0.717, 1.165) is 21.3 Å². The summed E-state index contributed by atoms with van der Waals surface area (Å²) in [4.78, 5) is 12.4. The lowest BCUT2D eigenvalue weighted by molar-refractivity contribution is 0.102. The SMILES string of the molecule is O=C(Nc1ccccc1CCl)c1csc2ccccc12. The highest BCUT2D eigenvalue weighted by Crippen LogP contribution is 2.27. The van der Waals surface area contributed by atoms with Crippen LogP contribution in [-0.2, 0) is 5.88 Å². The number of nitrogens with one attached hydrogen (secondary N) is 1. The summed E-state index contributed by atoms with van der Waals surface area (Å²) in [6.45, 7) is 0. The fraction of sp³-hybridized carbons (Fsp3) is 0.0625. The van der Waals surface area contributed by atoms with Crippen molar-refractivity contribution < 1.29 is 4.79 Å². The molecule has 1 heterocycles. The van der Waals surface area contributed by atoms with Gasteiger partial charge in [0.2, 0.25) is 0 Å². The average Bonchev–Trinajstić information content (AvgIpc) is 2.92. The molecule has 0 aliphatic rings. The normalized spacial score (nSPS) is 10.7. The molecule has 2 nitrogen and oxygen atoms in total. The number of hydrogen-bond donors (Lipinski definition) is 1. The number of thiophene rings is 1. The molecular weight excluding hydrogens is 290 g/mol. The van der Waals surface area contributed by atoms with E-state index >= 15 is 0 Å². The van der Waals surface area contributed by atoms with E-state index < -0.39 is 0 Å². The molecule has 4 heteroatoms. The Balaban J connectivity index is 1.93. The van der Waals surface area contributed by atoms with Crippen LogP contribution in [0.4, 0.5) is 5.69 Å². The summed E-state index contributed by atoms with van der Waals surface area (Å²) in [5.41, 5.74) is 2.39. The highest BCUT2D eigenvalue weighted by Gasteiger charge is 2.13. The molecule has 1 aromatic heterocycles. The van der Waals surface area contributed by atoms with Gasteiger partial charge in [-0.3, -0.25) is 4.79 Å². The van der Waals surface area contributed by atoms with Crippen LogP contribution in [0.2, 0.25) is 0 Å². The molecule has 1 N–H and O–H groups in total. The van der Waals surface area contributed by atoms with Gasteiger partial charge in [-0.1, -0.05) is 36.4 Å². The number of anilines is 1. The minimum absolute atomic E-state index is 0.0972. The molecule has 0 unspecified atom stereocenters. The number of halogens is 1. The first kappa shape index (κ1) is 13.2. The number of rotatable bonds is 3. The zero-order valence-corrected chi connectivity index (χ0v) is 12.2. The van der Waals surface area contributed by atoms with Crippen LogP contribution in [0.3, 0.4) is 0 Å². The van der Waals surface area contributed by atoms with Gasteiger partial charge in [-0.15, -0.1) is 22.9 Å². The predicted molar refractivity (Wildman–Crippen MR) is 85.8 cm³/mol. The topological polar surface area (TPSA) is 29.1 Å². The van der Waals surface area contributed by atoms with Gasteiger partial charge in [0.25, 0.3) is 5.91 Å². The second kappa shape index (κ2) is 5.65. The Kier molecular flexibility index (Phi) is 3.72. The van der Waals surface area contributed by atoms with Crippen LogP contribution >= 0.6 is 22.9 Å². The van der Waals surface area contributed by atoms with E-state index in [1.54, 1.807) is 11.3 Å². The van der Waals surface area contributed by atoms with Crippen molar-refractivity contribution in [1.82, 2.24) is 0 Å². The number of para-hydroxylation sites is 1. The summed E-state index contributed by atoms with van der Waals surface area (Å²) in [5, 5.41) is 5.82. The number of hydrogen-bond acceptors (Lipinski definition) is 2. The zero-order valence-electron chi connectivity index (χ0n) is 10.6. The molecule has 3 aromatic rings. The van der Waals surface area contributed by atoms with Gasteiger partial charge in [0.1, 0.15) is 0 Å². The van der Waals surface area contributed by atoms with Crippen molar-refractivity contribution in [2.45, 2.75) is 5.88 Å². The summed E-state index contributed by atoms with van der Waals surface area (Å²) < 4.78 is 1.11. The Hall–Kier alpha value is -1.84. The molecule has 0 bridgehead atoms. The molecule has 0 fully saturated rings. The van der Waals surface area contributed by atoms with Crippen molar-refractivity contribution in [3.63, 3.8) is 0 Å². The van der Waals surface area contributed by atoms with Gasteiger partial charge in [-0.25, -0.2) is 0 Å². The monoisotopic (exact) mass is 301 g/mol. The molecule has 100 valence electrons. The summed E-state index contributed by atoms with van der Waals surface area (Å²) in [6, 6.07) is 15.5. The maximum Gasteiger partial charge on any atom is 0.257 e. The maximum atomic E-state index is 12.4. The van der Waals surface area contributed by atoms with Gasteiger partial charge in [0, 0.05) is 27.0 Å². The van der Waals surface area contributed by atoms with Gasteiger partial charge in [-0.2, -0.15) is 0 Å². The summed E-state index contributed by atoms with van der Waals surface area (Å²) >= 11 is 7.46. The number of carbonyl (C=O) groups excluding carboxylic acids is 1. The highest BCUT2D eigenvalue weighted by molar-refractivity contribution is 7.17. The van der Waals surface area contributed by atoms with Crippen LogP contribution in [0.25, 0.3) is 10.1 Å². The van der Waals surface area contributed by atoms with Crippen LogP contribution in [0.5, 0.6) is 0 Å². The maximum absolute atomic E-state index is 12.4. The van der Waals surface area contributed by atoms with E-state index in [9.17, 15) is 4.79 Å². The first-order chi connectivity index (χ1) is 9.79. The molecule has 3 rings (SSSR count). The Morgan fingerprint density at radius 2 is 1.85 bits per heavy atom. The number of fused-ring (bicyclic) bond motifs is 1. The minimum atomic E-state index is -0.0972. The zero-order chi connectivity index (χ0) is 13.9. The average molecular weight is 302 g/mol. The van der Waals surface area contributed by atoms with Crippen molar-refractivity contribution in [3.05, 3.63) is 65.0 Å². The third-order valence-electron chi connectivity index (χ3n) is 3.14. The van der Waals surface area contributed by atoms with Crippen LogP contribution < -0.4 is 5.32 Å². The second-order valence-corrected chi connectivity index (χ2v) is 5.57. The molecule has 20 heavy (non-hydrogen) atoms. The quantitative estimate of drug-likeness (QED) is 0.685. The lowest BCUT2D eigenvalue weighted by Crippen LogP contribution is -2.12. The largest absolute Gasteiger partial charge is 0.322 e. The van der Waals surface area contributed by atoms with E-state index in [4.69, 9.17) is 11.6 Å². The van der Waals surface area contributed by atoms with E-state index in [0.29, 0.717) is 11.4 Å². The third-order valence-corrected chi connectivity index (χ3v) is 4.39. The van der Waals surface area contributed by atoms with E-state index in [-0.39, 0.29) is 5.91 Å². The van der Waals surface area contributed by atoms with Crippen LogP contribution in [0, 0.1) is 0 Å². The standard InChI is InChI=1S/C16H12ClNOS/c17-9-11-5-1-3-7-14(11)18-16(19)13-10-20-15-8-4-2-6-12(13)15/h1-8,10H,9H2,(H,18,19). The fourth-order valence-corrected chi connectivity index (χ4v) is 3.28. The lowest BCUT2D eigenvalue weighted by Gasteiger charge is -2.08. The Morgan fingerprint density at radius 1 is 1.10 bits per heavy atom. The first-order valence-corrected chi connectivity index (χ1v) is 7.62. The van der Waals surface area contributed by atoms with Gasteiger partial charge >= 0.3 is 0 Å². The fourth-order valence-electron chi connectivity index (χ4n) is 2.10. The lowest BCUT2D eigenvalue weighted by atomic mass is 10.1. The number of benzene rings is 2. The molecule has 0 saturated carbocycles. The van der Waals surface area contributed by atoms with Crippen molar-refractivity contribution in [1.29, 1.82) is 0 Å². The third kappa shape index (κ3) is 2.42. The van der Waals surface area contributed by atoms with E-state index in [2.05, 4.69) is 5.32 Å². The Morgan fingerprint density at radius 3 is 2.70 bits per heavy atom. The Labute approximate surface area is 126 Å². The molecule has 2 aromatic carbocycles. The second-order valence-electron chi connectivity index (χ2n) is 4.39. The van der Waals surface area contributed by atoms with E-state index in [1.807, 2.05) is 53.9 Å². The van der Waals surface area contributed by atoms with Gasteiger partial charge in [0.05, 0.1) is 5.56 Å². The molecule has 1 amide bonds. The number of alkyl halides is 1. The predicted octanol–water partition coefficient (Wildman–Crippen LogP) is 4.89. The molecule has 0 aliphatic carbocycles. The molecule has 0 saturated heterocycles. The van der Waals surface area contributed by atoms with Crippen LogP contribution in [-0.4, -0.2) is 5.91 Å². The molecule has 0 atom stereocenters. The molecule has 0 radical (unpaired) electrons. The number of amides is 1. The molecule has 0 spiro atoms. The first-order valence-electron chi connectivity index (χ1n) is 6.21. The van der Waals surface area contributed by atoms with Crippen molar-refractivity contribution in [2.75, 3.05) is 5.32 Å². The van der Waals surface area contributed by atoms with Crippen molar-refractivity contribution in [2.24, 2.45) is 0 Å². The van der Waals surface area contributed by atoms with E-state index in [1.165, 1.54) is 0 Å². The van der Waals surface area contributed by atoms with Gasteiger partial charge < -0.3 is 5.32 Å². The van der Waals surface area contributed by atoms with Crippen LogP contribution in [0.1, 0.15) is 15.9 Å². The molecular formula is C16H12ClNOS. The van der Waals surface area contributed by atoms with Crippen molar-refractivity contribution in [3.8, 4) is 0 Å². The smallest absolute Gasteiger partial charge is 0.257 e. The Bertz CT molecular complexity index is 766. The van der Waals surface area contributed by atoms with Crippen molar-refractivity contribution >= 4 is 44.6 Å². The number of carbonyl (C=O) groups is 1. The summed E-state index contributed by atoms with van der Waals surface area (Å²) in [5.74, 6) is 0.279. The molecule has 0 aliphatic heterocycles. The summed E-state index contributed by atoms with van der Waals surface area (Å²) in [7, 11) is 0. The van der Waals surface area contributed by atoms with Crippen LogP contribution in [0.15, 0.2) is 53.9 Å². The van der Waals surface area contributed by atoms with Gasteiger partial charge in [-0.05, 0) is 17.7 Å². The highest BCUT2D eigenvalue weighted by atomic mass is 35.5.